The number of aromatic nitrogens is 2. The lowest BCUT2D eigenvalue weighted by Gasteiger charge is -2.13. The summed E-state index contributed by atoms with van der Waals surface area (Å²) >= 11 is 1.62. The lowest BCUT2D eigenvalue weighted by molar-refractivity contribution is 0.102. The normalized spacial score (nSPS) is 12.8. The van der Waals surface area contributed by atoms with Crippen LogP contribution in [0.2, 0.25) is 0 Å². The highest BCUT2D eigenvalue weighted by atomic mass is 32.1. The van der Waals surface area contributed by atoms with E-state index < -0.39 is 0 Å². The fraction of sp³-hybridized carbons (Fsp3) is 0.300. The van der Waals surface area contributed by atoms with Gasteiger partial charge in [0, 0.05) is 30.7 Å². The summed E-state index contributed by atoms with van der Waals surface area (Å²) in [5.74, 6) is 0.675. The van der Waals surface area contributed by atoms with Gasteiger partial charge in [0.1, 0.15) is 5.82 Å². The standard InChI is InChI=1S/C20H22N4OS/c1-23(2)16-8-6-14(7-9-16)13-24-19(10-11-21-24)22-20(25)18-12-15-4-3-5-17(15)26-18/h6-12H,3-5,13H2,1-2H3,(H,22,25). The number of nitrogens with one attached hydrogen (secondary N) is 1. The monoisotopic (exact) mass is 366 g/mol. The number of fused-ring (bicyclic) bond motifs is 1. The Hall–Kier alpha value is -2.60. The van der Waals surface area contributed by atoms with Gasteiger partial charge >= 0.3 is 0 Å². The highest BCUT2D eigenvalue weighted by molar-refractivity contribution is 7.14. The molecule has 1 N–H and O–H groups in total. The number of nitrogens with zero attached hydrogens (tertiary/aromatic N) is 3. The molecule has 134 valence electrons. The molecule has 1 aromatic carbocycles. The van der Waals surface area contributed by atoms with Gasteiger partial charge in [0.05, 0.1) is 17.6 Å². The average Bonchev–Trinajstić information content (AvgIpc) is 3.32. The molecule has 26 heavy (non-hydrogen) atoms. The van der Waals surface area contributed by atoms with Crippen molar-refractivity contribution >= 4 is 28.7 Å². The first-order chi connectivity index (χ1) is 12.6. The lowest BCUT2D eigenvalue weighted by atomic mass is 10.2. The Balaban J connectivity index is 1.47. The van der Waals surface area contributed by atoms with Crippen molar-refractivity contribution in [1.82, 2.24) is 9.78 Å². The number of benzene rings is 1. The van der Waals surface area contributed by atoms with E-state index in [-0.39, 0.29) is 5.91 Å². The second-order valence-corrected chi connectivity index (χ2v) is 7.94. The van der Waals surface area contributed by atoms with Crippen LogP contribution in [0, 0.1) is 0 Å². The van der Waals surface area contributed by atoms with Crippen LogP contribution >= 0.6 is 11.3 Å². The first-order valence-electron chi connectivity index (χ1n) is 8.81. The van der Waals surface area contributed by atoms with Crippen molar-refractivity contribution in [2.75, 3.05) is 24.3 Å². The number of amides is 1. The molecule has 0 saturated heterocycles. The first-order valence-corrected chi connectivity index (χ1v) is 9.63. The van der Waals surface area contributed by atoms with E-state index in [2.05, 4.69) is 39.6 Å². The third-order valence-electron chi connectivity index (χ3n) is 4.71. The minimum Gasteiger partial charge on any atom is -0.378 e. The van der Waals surface area contributed by atoms with E-state index in [9.17, 15) is 4.79 Å². The number of aryl methyl sites for hydroxylation is 2. The summed E-state index contributed by atoms with van der Waals surface area (Å²) in [5, 5.41) is 7.37. The van der Waals surface area contributed by atoms with Crippen LogP contribution in [0.25, 0.3) is 0 Å². The summed E-state index contributed by atoms with van der Waals surface area (Å²) in [6.45, 7) is 0.622. The quantitative estimate of drug-likeness (QED) is 0.747. The second kappa shape index (κ2) is 6.96. The van der Waals surface area contributed by atoms with Gasteiger partial charge in [-0.2, -0.15) is 5.10 Å². The Morgan fingerprint density at radius 2 is 2.04 bits per heavy atom. The second-order valence-electron chi connectivity index (χ2n) is 6.80. The molecule has 2 heterocycles. The van der Waals surface area contributed by atoms with Crippen molar-refractivity contribution in [3.05, 3.63) is 63.5 Å². The predicted molar refractivity (Wildman–Crippen MR) is 106 cm³/mol. The van der Waals surface area contributed by atoms with Gasteiger partial charge in [-0.15, -0.1) is 11.3 Å². The zero-order valence-corrected chi connectivity index (χ0v) is 15.8. The molecule has 1 aliphatic rings. The molecule has 0 fully saturated rings. The van der Waals surface area contributed by atoms with Crippen LogP contribution in [0.3, 0.4) is 0 Å². The number of thiophene rings is 1. The van der Waals surface area contributed by atoms with Gasteiger partial charge in [0.2, 0.25) is 0 Å². The van der Waals surface area contributed by atoms with Crippen molar-refractivity contribution in [2.45, 2.75) is 25.8 Å². The van der Waals surface area contributed by atoms with Gasteiger partial charge in [-0.3, -0.25) is 4.79 Å². The third-order valence-corrected chi connectivity index (χ3v) is 5.95. The molecule has 3 aromatic rings. The topological polar surface area (TPSA) is 50.2 Å². The van der Waals surface area contributed by atoms with Gasteiger partial charge in [-0.1, -0.05) is 12.1 Å². The van der Waals surface area contributed by atoms with Gasteiger partial charge < -0.3 is 10.2 Å². The lowest BCUT2D eigenvalue weighted by Crippen LogP contribution is -2.15. The van der Waals surface area contributed by atoms with Crippen LogP contribution in [0.4, 0.5) is 11.5 Å². The van der Waals surface area contributed by atoms with E-state index in [1.54, 1.807) is 17.5 Å². The Morgan fingerprint density at radius 1 is 1.23 bits per heavy atom. The fourth-order valence-electron chi connectivity index (χ4n) is 3.26. The van der Waals surface area contributed by atoms with Crippen molar-refractivity contribution in [3.63, 3.8) is 0 Å². The molecule has 1 aliphatic carbocycles. The zero-order valence-electron chi connectivity index (χ0n) is 15.0. The Labute approximate surface area is 157 Å². The van der Waals surface area contributed by atoms with E-state index in [0.29, 0.717) is 6.54 Å². The largest absolute Gasteiger partial charge is 0.378 e. The molecule has 0 bridgehead atoms. The van der Waals surface area contributed by atoms with Crippen LogP contribution in [-0.2, 0) is 19.4 Å². The predicted octanol–water partition coefficient (Wildman–Crippen LogP) is 3.80. The summed E-state index contributed by atoms with van der Waals surface area (Å²) in [5.41, 5.74) is 3.65. The molecule has 0 saturated carbocycles. The van der Waals surface area contributed by atoms with Gasteiger partial charge in [-0.05, 0) is 48.6 Å². The smallest absolute Gasteiger partial charge is 0.266 e. The Morgan fingerprint density at radius 3 is 2.77 bits per heavy atom. The van der Waals surface area contributed by atoms with Crippen LogP contribution < -0.4 is 10.2 Å². The van der Waals surface area contributed by atoms with E-state index >= 15 is 0 Å². The molecule has 0 aliphatic heterocycles. The molecule has 1 amide bonds. The maximum Gasteiger partial charge on any atom is 0.266 e. The number of hydrogen-bond acceptors (Lipinski definition) is 4. The maximum atomic E-state index is 12.6. The molecule has 6 heteroatoms. The molecular weight excluding hydrogens is 344 g/mol. The third kappa shape index (κ3) is 3.37. The highest BCUT2D eigenvalue weighted by Crippen LogP contribution is 2.31. The summed E-state index contributed by atoms with van der Waals surface area (Å²) in [6, 6.07) is 12.2. The SMILES string of the molecule is CN(C)c1ccc(Cn2nccc2NC(=O)c2cc3c(s2)CCC3)cc1. The summed E-state index contributed by atoms with van der Waals surface area (Å²) in [4.78, 5) is 16.8. The summed E-state index contributed by atoms with van der Waals surface area (Å²) < 4.78 is 1.82. The molecule has 0 spiro atoms. The first kappa shape index (κ1) is 16.8. The van der Waals surface area contributed by atoms with E-state index in [0.717, 1.165) is 34.8 Å². The molecule has 0 atom stereocenters. The van der Waals surface area contributed by atoms with Crippen LogP contribution in [0.15, 0.2) is 42.6 Å². The van der Waals surface area contributed by atoms with Crippen molar-refractivity contribution in [3.8, 4) is 0 Å². The summed E-state index contributed by atoms with van der Waals surface area (Å²) in [6.07, 6.45) is 5.13. The van der Waals surface area contributed by atoms with Crippen LogP contribution in [0.5, 0.6) is 0 Å². The Bertz CT molecular complexity index is 902. The van der Waals surface area contributed by atoms with Gasteiger partial charge in [-0.25, -0.2) is 4.68 Å². The van der Waals surface area contributed by atoms with Crippen molar-refractivity contribution in [2.24, 2.45) is 0 Å². The molecule has 2 aromatic heterocycles. The minimum absolute atomic E-state index is 0.0471. The molecular formula is C20H22N4OS. The van der Waals surface area contributed by atoms with Crippen molar-refractivity contribution < 1.29 is 4.79 Å². The maximum absolute atomic E-state index is 12.6. The fourth-order valence-corrected chi connectivity index (χ4v) is 4.40. The Kier molecular flexibility index (Phi) is 4.51. The molecule has 0 unspecified atom stereocenters. The number of rotatable bonds is 5. The van der Waals surface area contributed by atoms with Gasteiger partial charge in [0.25, 0.3) is 5.91 Å². The number of carbonyl (C=O) groups is 1. The number of anilines is 2. The summed E-state index contributed by atoms with van der Waals surface area (Å²) in [7, 11) is 4.05. The van der Waals surface area contributed by atoms with E-state index in [1.165, 1.54) is 16.9 Å². The van der Waals surface area contributed by atoms with Crippen LogP contribution in [-0.4, -0.2) is 29.8 Å². The molecule has 4 rings (SSSR count). The minimum atomic E-state index is -0.0471. The molecule has 0 radical (unpaired) electrons. The van der Waals surface area contributed by atoms with E-state index in [1.807, 2.05) is 30.9 Å². The van der Waals surface area contributed by atoms with Crippen LogP contribution in [0.1, 0.15) is 32.1 Å². The average molecular weight is 366 g/mol. The molecule has 5 nitrogen and oxygen atoms in total. The number of carbonyl (C=O) groups excluding carboxylic acids is 1. The van der Waals surface area contributed by atoms with Gasteiger partial charge in [0.15, 0.2) is 0 Å². The number of hydrogen-bond donors (Lipinski definition) is 1. The highest BCUT2D eigenvalue weighted by Gasteiger charge is 2.19. The van der Waals surface area contributed by atoms with E-state index in [4.69, 9.17) is 0 Å². The van der Waals surface area contributed by atoms with Crippen molar-refractivity contribution in [1.29, 1.82) is 0 Å². The zero-order chi connectivity index (χ0) is 18.1.